The lowest BCUT2D eigenvalue weighted by molar-refractivity contribution is 0.770. The molecule has 1 saturated heterocycles. The van der Waals surface area contributed by atoms with Gasteiger partial charge in [0, 0.05) is 30.3 Å². The molecule has 0 spiro atoms. The molecule has 0 saturated carbocycles. The molecule has 1 unspecified atom stereocenters. The van der Waals surface area contributed by atoms with E-state index in [-0.39, 0.29) is 0 Å². The van der Waals surface area contributed by atoms with Crippen molar-refractivity contribution in [3.63, 3.8) is 0 Å². The Morgan fingerprint density at radius 1 is 1.69 bits per heavy atom. The number of aromatic nitrogens is 1. The molecule has 1 aliphatic rings. The Morgan fingerprint density at radius 2 is 2.50 bits per heavy atom. The van der Waals surface area contributed by atoms with Crippen LogP contribution >= 0.6 is 23.4 Å². The third kappa shape index (κ3) is 2.26. The fourth-order valence-corrected chi connectivity index (χ4v) is 3.04. The van der Waals surface area contributed by atoms with Gasteiger partial charge in [-0.3, -0.25) is 0 Å². The average Bonchev–Trinajstić information content (AvgIpc) is 2.29. The number of thioether (sulfide) groups is 1. The molecule has 0 radical (unpaired) electrons. The lowest BCUT2D eigenvalue weighted by Crippen LogP contribution is -2.37. The predicted octanol–water partition coefficient (Wildman–Crippen LogP) is 2.55. The van der Waals surface area contributed by atoms with Crippen molar-refractivity contribution in [3.05, 3.63) is 22.8 Å². The molecule has 16 heavy (non-hydrogen) atoms. The maximum Gasteiger partial charge on any atom is 0.148 e. The van der Waals surface area contributed by atoms with Crippen LogP contribution in [0, 0.1) is 11.3 Å². The second-order valence-corrected chi connectivity index (χ2v) is 5.66. The second kappa shape index (κ2) is 4.94. The fraction of sp³-hybridized carbons (Fsp3) is 0.455. The molecule has 1 atom stereocenters. The van der Waals surface area contributed by atoms with Crippen LogP contribution in [0.1, 0.15) is 12.5 Å². The summed E-state index contributed by atoms with van der Waals surface area (Å²) in [5.74, 6) is 1.82. The molecule has 2 rings (SSSR count). The highest BCUT2D eigenvalue weighted by atomic mass is 35.5. The quantitative estimate of drug-likeness (QED) is 0.771. The van der Waals surface area contributed by atoms with E-state index in [1.807, 2.05) is 11.8 Å². The molecule has 0 N–H and O–H groups in total. The van der Waals surface area contributed by atoms with E-state index < -0.39 is 0 Å². The molecule has 2 heterocycles. The molecule has 0 aromatic carbocycles. The van der Waals surface area contributed by atoms with Crippen molar-refractivity contribution in [3.8, 4) is 6.07 Å². The molecule has 1 aliphatic heterocycles. The summed E-state index contributed by atoms with van der Waals surface area (Å²) in [7, 11) is 0. The zero-order chi connectivity index (χ0) is 11.5. The maximum absolute atomic E-state index is 8.91. The van der Waals surface area contributed by atoms with Crippen LogP contribution in [-0.4, -0.2) is 29.1 Å². The van der Waals surface area contributed by atoms with Crippen molar-refractivity contribution in [2.24, 2.45) is 0 Å². The Hall–Kier alpha value is -0.920. The van der Waals surface area contributed by atoms with E-state index in [1.165, 1.54) is 0 Å². The lowest BCUT2D eigenvalue weighted by atomic mass is 10.2. The third-order valence-electron chi connectivity index (χ3n) is 2.53. The van der Waals surface area contributed by atoms with Gasteiger partial charge in [0.1, 0.15) is 16.9 Å². The Labute approximate surface area is 104 Å². The highest BCUT2D eigenvalue weighted by molar-refractivity contribution is 8.00. The number of pyridine rings is 1. The average molecular weight is 254 g/mol. The number of nitriles is 1. The molecule has 0 amide bonds. The number of hydrogen-bond acceptors (Lipinski definition) is 4. The van der Waals surface area contributed by atoms with Gasteiger partial charge in [0.15, 0.2) is 0 Å². The van der Waals surface area contributed by atoms with Crippen molar-refractivity contribution >= 4 is 29.2 Å². The molecule has 1 aromatic heterocycles. The summed E-state index contributed by atoms with van der Waals surface area (Å²) < 4.78 is 0. The van der Waals surface area contributed by atoms with Gasteiger partial charge in [0.05, 0.1) is 5.56 Å². The van der Waals surface area contributed by atoms with Gasteiger partial charge < -0.3 is 4.90 Å². The minimum Gasteiger partial charge on any atom is -0.353 e. The van der Waals surface area contributed by atoms with Gasteiger partial charge >= 0.3 is 0 Å². The van der Waals surface area contributed by atoms with E-state index in [4.69, 9.17) is 16.9 Å². The molecule has 0 bridgehead atoms. The molecule has 1 aromatic rings. The summed E-state index contributed by atoms with van der Waals surface area (Å²) in [5, 5.41) is 9.97. The highest BCUT2D eigenvalue weighted by Crippen LogP contribution is 2.29. The zero-order valence-electron chi connectivity index (χ0n) is 8.98. The SMILES string of the molecule is CC1CN(c2nccc(C#N)c2Cl)CCS1. The van der Waals surface area contributed by atoms with E-state index in [1.54, 1.807) is 12.3 Å². The summed E-state index contributed by atoms with van der Waals surface area (Å²) in [6, 6.07) is 3.73. The summed E-state index contributed by atoms with van der Waals surface area (Å²) in [6.07, 6.45) is 1.65. The first kappa shape index (κ1) is 11.6. The number of anilines is 1. The number of nitrogens with zero attached hydrogens (tertiary/aromatic N) is 3. The van der Waals surface area contributed by atoms with Gasteiger partial charge in [-0.1, -0.05) is 18.5 Å². The number of halogens is 1. The van der Waals surface area contributed by atoms with Gasteiger partial charge in [0.2, 0.25) is 0 Å². The Bertz CT molecular complexity index is 430. The molecular formula is C11H12ClN3S. The first-order valence-corrected chi connectivity index (χ1v) is 6.56. The summed E-state index contributed by atoms with van der Waals surface area (Å²) in [6.45, 7) is 4.07. The molecule has 1 fully saturated rings. The van der Waals surface area contributed by atoms with Gasteiger partial charge in [-0.15, -0.1) is 0 Å². The largest absolute Gasteiger partial charge is 0.353 e. The standard InChI is InChI=1S/C11H12ClN3S/c1-8-7-15(4-5-16-8)11-10(12)9(6-13)2-3-14-11/h2-3,8H,4-5,7H2,1H3. The van der Waals surface area contributed by atoms with Crippen LogP contribution in [0.25, 0.3) is 0 Å². The predicted molar refractivity (Wildman–Crippen MR) is 68.1 cm³/mol. The van der Waals surface area contributed by atoms with E-state index in [0.29, 0.717) is 15.8 Å². The smallest absolute Gasteiger partial charge is 0.148 e. The van der Waals surface area contributed by atoms with E-state index in [9.17, 15) is 0 Å². The molecule has 3 nitrogen and oxygen atoms in total. The minimum atomic E-state index is 0.476. The highest BCUT2D eigenvalue weighted by Gasteiger charge is 2.20. The van der Waals surface area contributed by atoms with Crippen LogP contribution in [-0.2, 0) is 0 Å². The van der Waals surface area contributed by atoms with Crippen LogP contribution in [0.5, 0.6) is 0 Å². The van der Waals surface area contributed by atoms with Crippen LogP contribution in [0.15, 0.2) is 12.3 Å². The van der Waals surface area contributed by atoms with Gasteiger partial charge in [-0.05, 0) is 6.07 Å². The molecular weight excluding hydrogens is 242 g/mol. The van der Waals surface area contributed by atoms with Gasteiger partial charge in [0.25, 0.3) is 0 Å². The van der Waals surface area contributed by atoms with E-state index in [0.717, 1.165) is 24.7 Å². The first-order chi connectivity index (χ1) is 7.72. The van der Waals surface area contributed by atoms with Crippen molar-refractivity contribution < 1.29 is 0 Å². The van der Waals surface area contributed by atoms with Gasteiger partial charge in [-0.25, -0.2) is 4.98 Å². The van der Waals surface area contributed by atoms with Crippen molar-refractivity contribution in [2.45, 2.75) is 12.2 Å². The van der Waals surface area contributed by atoms with Crippen LogP contribution in [0.4, 0.5) is 5.82 Å². The maximum atomic E-state index is 8.91. The number of hydrogen-bond donors (Lipinski definition) is 0. The Morgan fingerprint density at radius 3 is 3.19 bits per heavy atom. The van der Waals surface area contributed by atoms with Crippen LogP contribution in [0.3, 0.4) is 0 Å². The third-order valence-corrected chi connectivity index (χ3v) is 4.04. The van der Waals surface area contributed by atoms with Crippen LogP contribution in [0.2, 0.25) is 5.02 Å². The van der Waals surface area contributed by atoms with Crippen molar-refractivity contribution in [1.29, 1.82) is 5.26 Å². The molecule has 84 valence electrons. The number of rotatable bonds is 1. The monoisotopic (exact) mass is 253 g/mol. The lowest BCUT2D eigenvalue weighted by Gasteiger charge is -2.32. The van der Waals surface area contributed by atoms with Crippen molar-refractivity contribution in [1.82, 2.24) is 4.98 Å². The van der Waals surface area contributed by atoms with Crippen molar-refractivity contribution in [2.75, 3.05) is 23.7 Å². The summed E-state index contributed by atoms with van der Waals surface area (Å²) in [5.41, 5.74) is 0.498. The van der Waals surface area contributed by atoms with Gasteiger partial charge in [-0.2, -0.15) is 17.0 Å². The summed E-state index contributed by atoms with van der Waals surface area (Å²) >= 11 is 8.11. The molecule has 0 aliphatic carbocycles. The second-order valence-electron chi connectivity index (χ2n) is 3.74. The normalized spacial score (nSPS) is 20.6. The summed E-state index contributed by atoms with van der Waals surface area (Å²) in [4.78, 5) is 6.44. The topological polar surface area (TPSA) is 39.9 Å². The Kier molecular flexibility index (Phi) is 3.57. The first-order valence-electron chi connectivity index (χ1n) is 5.13. The minimum absolute atomic E-state index is 0.476. The van der Waals surface area contributed by atoms with E-state index >= 15 is 0 Å². The fourth-order valence-electron chi connectivity index (χ4n) is 1.75. The van der Waals surface area contributed by atoms with Crippen LogP contribution < -0.4 is 4.90 Å². The zero-order valence-corrected chi connectivity index (χ0v) is 10.6. The Balaban J connectivity index is 2.30. The molecule has 5 heteroatoms. The van der Waals surface area contributed by atoms with E-state index in [2.05, 4.69) is 22.9 Å².